The van der Waals surface area contributed by atoms with E-state index in [1.807, 2.05) is 24.9 Å². The Hall–Kier alpha value is -1.88. The number of hydrogen-bond donors (Lipinski definition) is 1. The quantitative estimate of drug-likeness (QED) is 0.793. The van der Waals surface area contributed by atoms with Crippen molar-refractivity contribution in [2.75, 3.05) is 18.5 Å². The maximum absolute atomic E-state index is 13.8. The Labute approximate surface area is 125 Å². The van der Waals surface area contributed by atoms with Gasteiger partial charge in [-0.25, -0.2) is 4.39 Å². The fourth-order valence-electron chi connectivity index (χ4n) is 2.12. The van der Waals surface area contributed by atoms with Crippen molar-refractivity contribution in [2.24, 2.45) is 0 Å². The number of benzene rings is 1. The van der Waals surface area contributed by atoms with Crippen molar-refractivity contribution < 1.29 is 8.81 Å². The largest absolute Gasteiger partial charge is 0.432 e. The van der Waals surface area contributed by atoms with E-state index in [2.05, 4.69) is 17.2 Å². The van der Waals surface area contributed by atoms with Crippen molar-refractivity contribution in [3.63, 3.8) is 0 Å². The zero-order valence-corrected chi connectivity index (χ0v) is 12.8. The predicted octanol–water partition coefficient (Wildman–Crippen LogP) is 3.51. The van der Waals surface area contributed by atoms with Gasteiger partial charge in [-0.3, -0.25) is 0 Å². The average Bonchev–Trinajstić information content (AvgIpc) is 2.95. The minimum absolute atomic E-state index is 0.152. The first-order valence-electron chi connectivity index (χ1n) is 7.25. The molecule has 4 nitrogen and oxygen atoms in total. The van der Waals surface area contributed by atoms with Gasteiger partial charge in [0.15, 0.2) is 0 Å². The number of nitrogens with one attached hydrogen (secondary N) is 1. The van der Waals surface area contributed by atoms with E-state index in [1.165, 1.54) is 6.07 Å². The molecule has 0 saturated carbocycles. The summed E-state index contributed by atoms with van der Waals surface area (Å²) in [5.41, 5.74) is 1.48. The lowest BCUT2D eigenvalue weighted by atomic mass is 10.1. The molecule has 1 aromatic heterocycles. The van der Waals surface area contributed by atoms with E-state index in [-0.39, 0.29) is 11.9 Å². The summed E-state index contributed by atoms with van der Waals surface area (Å²) in [6, 6.07) is 7.12. The number of oxazole rings is 1. The van der Waals surface area contributed by atoms with Crippen LogP contribution in [-0.2, 0) is 6.54 Å². The molecule has 0 aliphatic carbocycles. The van der Waals surface area contributed by atoms with Crippen LogP contribution in [0.1, 0.15) is 37.6 Å². The van der Waals surface area contributed by atoms with Crippen LogP contribution < -0.4 is 10.2 Å². The normalized spacial score (nSPS) is 12.4. The van der Waals surface area contributed by atoms with Gasteiger partial charge in [0.05, 0.1) is 11.7 Å². The summed E-state index contributed by atoms with van der Waals surface area (Å²) >= 11 is 0. The number of anilines is 1. The highest BCUT2D eigenvalue weighted by molar-refractivity contribution is 5.33. The highest BCUT2D eigenvalue weighted by Gasteiger charge is 2.19. The van der Waals surface area contributed by atoms with Gasteiger partial charge in [0, 0.05) is 19.2 Å². The molecule has 21 heavy (non-hydrogen) atoms. The number of nitrogens with zero attached hydrogens (tertiary/aromatic N) is 2. The molecule has 0 fully saturated rings. The second-order valence-corrected chi connectivity index (χ2v) is 5.11. The molecule has 0 aliphatic heterocycles. The third kappa shape index (κ3) is 3.82. The van der Waals surface area contributed by atoms with Crippen molar-refractivity contribution >= 4 is 6.01 Å². The van der Waals surface area contributed by atoms with Crippen LogP contribution in [0.25, 0.3) is 0 Å². The van der Waals surface area contributed by atoms with E-state index < -0.39 is 0 Å². The van der Waals surface area contributed by atoms with E-state index in [4.69, 9.17) is 4.42 Å². The van der Waals surface area contributed by atoms with Gasteiger partial charge in [-0.2, -0.15) is 4.98 Å². The van der Waals surface area contributed by atoms with Gasteiger partial charge in [0.1, 0.15) is 12.1 Å². The molecule has 1 unspecified atom stereocenters. The molecule has 1 heterocycles. The van der Waals surface area contributed by atoms with Crippen LogP contribution in [0.5, 0.6) is 0 Å². The molecule has 2 aromatic rings. The van der Waals surface area contributed by atoms with Gasteiger partial charge in [-0.15, -0.1) is 0 Å². The lowest BCUT2D eigenvalue weighted by Gasteiger charge is -2.23. The third-order valence-corrected chi connectivity index (χ3v) is 3.51. The highest BCUT2D eigenvalue weighted by Crippen LogP contribution is 2.26. The van der Waals surface area contributed by atoms with Gasteiger partial charge in [0.25, 0.3) is 6.01 Å². The van der Waals surface area contributed by atoms with E-state index in [1.54, 1.807) is 18.4 Å². The summed E-state index contributed by atoms with van der Waals surface area (Å²) in [5, 5.41) is 3.27. The Kier molecular flexibility index (Phi) is 5.33. The summed E-state index contributed by atoms with van der Waals surface area (Å²) in [4.78, 5) is 6.27. The molecule has 114 valence electrons. The van der Waals surface area contributed by atoms with Gasteiger partial charge >= 0.3 is 0 Å². The van der Waals surface area contributed by atoms with Crippen molar-refractivity contribution in [2.45, 2.75) is 32.9 Å². The van der Waals surface area contributed by atoms with Gasteiger partial charge in [-0.1, -0.05) is 25.1 Å². The molecule has 0 spiro atoms. The van der Waals surface area contributed by atoms with Crippen LogP contribution in [0.4, 0.5) is 10.4 Å². The monoisotopic (exact) mass is 291 g/mol. The summed E-state index contributed by atoms with van der Waals surface area (Å²) in [6.07, 6.45) is 2.72. The van der Waals surface area contributed by atoms with Gasteiger partial charge in [-0.05, 0) is 26.0 Å². The molecular formula is C16H22FN3O. The minimum Gasteiger partial charge on any atom is -0.432 e. The number of halogens is 1. The smallest absolute Gasteiger partial charge is 0.297 e. The average molecular weight is 291 g/mol. The molecule has 0 bridgehead atoms. The Balaban J connectivity index is 2.06. The lowest BCUT2D eigenvalue weighted by Crippen LogP contribution is -2.23. The molecule has 0 aliphatic rings. The summed E-state index contributed by atoms with van der Waals surface area (Å²) < 4.78 is 19.3. The standard InChI is InChI=1S/C16H22FN3O/c1-4-9-18-10-13-11-21-16(19-13)20(3)12(2)14-7-5-6-8-15(14)17/h5-8,11-12,18H,4,9-10H2,1-3H3. The van der Waals surface area contributed by atoms with Crippen LogP contribution in [-0.4, -0.2) is 18.6 Å². The fourth-order valence-corrected chi connectivity index (χ4v) is 2.12. The second kappa shape index (κ2) is 7.22. The van der Waals surface area contributed by atoms with Crippen molar-refractivity contribution in [3.8, 4) is 0 Å². The molecule has 1 atom stereocenters. The molecule has 5 heteroatoms. The highest BCUT2D eigenvalue weighted by atomic mass is 19.1. The Morgan fingerprint density at radius 1 is 1.38 bits per heavy atom. The van der Waals surface area contributed by atoms with Crippen molar-refractivity contribution in [1.82, 2.24) is 10.3 Å². The fraction of sp³-hybridized carbons (Fsp3) is 0.438. The molecule has 2 rings (SSSR count). The number of aromatic nitrogens is 1. The van der Waals surface area contributed by atoms with Crippen LogP contribution >= 0.6 is 0 Å². The molecule has 0 saturated heterocycles. The second-order valence-electron chi connectivity index (χ2n) is 5.11. The van der Waals surface area contributed by atoms with Gasteiger partial charge in [0.2, 0.25) is 0 Å². The molecule has 1 N–H and O–H groups in total. The minimum atomic E-state index is -0.215. The Bertz CT molecular complexity index is 570. The van der Waals surface area contributed by atoms with E-state index >= 15 is 0 Å². The van der Waals surface area contributed by atoms with Crippen LogP contribution in [0.3, 0.4) is 0 Å². The summed E-state index contributed by atoms with van der Waals surface area (Å²) in [7, 11) is 1.85. The maximum Gasteiger partial charge on any atom is 0.297 e. The number of hydrogen-bond acceptors (Lipinski definition) is 4. The lowest BCUT2D eigenvalue weighted by molar-refractivity contribution is 0.515. The van der Waals surface area contributed by atoms with E-state index in [9.17, 15) is 4.39 Å². The maximum atomic E-state index is 13.8. The van der Waals surface area contributed by atoms with E-state index in [0.29, 0.717) is 18.1 Å². The molecule has 1 aromatic carbocycles. The zero-order valence-electron chi connectivity index (χ0n) is 12.8. The number of rotatable bonds is 7. The first-order chi connectivity index (χ1) is 10.1. The zero-order chi connectivity index (χ0) is 15.2. The SMILES string of the molecule is CCCNCc1coc(N(C)C(C)c2ccccc2F)n1. The van der Waals surface area contributed by atoms with E-state index in [0.717, 1.165) is 18.7 Å². The first kappa shape index (κ1) is 15.5. The Morgan fingerprint density at radius 3 is 2.86 bits per heavy atom. The van der Waals surface area contributed by atoms with Crippen molar-refractivity contribution in [3.05, 3.63) is 47.6 Å². The summed E-state index contributed by atoms with van der Waals surface area (Å²) in [6.45, 7) is 5.67. The van der Waals surface area contributed by atoms with Gasteiger partial charge < -0.3 is 14.6 Å². The topological polar surface area (TPSA) is 41.3 Å². The van der Waals surface area contributed by atoms with Crippen LogP contribution in [0, 0.1) is 5.82 Å². The molecular weight excluding hydrogens is 269 g/mol. The molecule has 0 amide bonds. The van der Waals surface area contributed by atoms with Crippen molar-refractivity contribution in [1.29, 1.82) is 0 Å². The molecule has 0 radical (unpaired) electrons. The predicted molar refractivity (Wildman–Crippen MR) is 81.7 cm³/mol. The van der Waals surface area contributed by atoms with Crippen LogP contribution in [0.15, 0.2) is 34.9 Å². The Morgan fingerprint density at radius 2 is 2.14 bits per heavy atom. The third-order valence-electron chi connectivity index (χ3n) is 3.51. The van der Waals surface area contributed by atoms with Crippen LogP contribution in [0.2, 0.25) is 0 Å². The first-order valence-corrected chi connectivity index (χ1v) is 7.25. The summed E-state index contributed by atoms with van der Waals surface area (Å²) in [5.74, 6) is -0.215.